The quantitative estimate of drug-likeness (QED) is 0.763. The molecule has 1 saturated heterocycles. The Labute approximate surface area is 173 Å². The van der Waals surface area contributed by atoms with Crippen LogP contribution in [0.5, 0.6) is 0 Å². The summed E-state index contributed by atoms with van der Waals surface area (Å²) in [5, 5.41) is 10.2. The molecule has 2 aromatic carbocycles. The van der Waals surface area contributed by atoms with Crippen molar-refractivity contribution >= 4 is 40.9 Å². The number of methoxy groups -OCH3 is 1. The van der Waals surface area contributed by atoms with E-state index in [0.717, 1.165) is 0 Å². The minimum Gasteiger partial charge on any atom is -0.480 e. The molecule has 0 saturated carbocycles. The van der Waals surface area contributed by atoms with Gasteiger partial charge in [-0.25, -0.2) is 9.59 Å². The Balaban J connectivity index is 1.97. The van der Waals surface area contributed by atoms with Crippen molar-refractivity contribution < 1.29 is 24.2 Å². The largest absolute Gasteiger partial charge is 0.480 e. The molecule has 29 heavy (non-hydrogen) atoms. The molecule has 8 heteroatoms. The molecular weight excluding hydrogens is 396 g/mol. The van der Waals surface area contributed by atoms with E-state index in [4.69, 9.17) is 16.3 Å². The van der Waals surface area contributed by atoms with E-state index in [1.165, 1.54) is 16.9 Å². The van der Waals surface area contributed by atoms with Gasteiger partial charge in [0.2, 0.25) is 0 Å². The smallest absolute Gasteiger partial charge is 0.329 e. The Morgan fingerprint density at radius 3 is 2.41 bits per heavy atom. The maximum Gasteiger partial charge on any atom is 0.329 e. The molecule has 1 aliphatic heterocycles. The van der Waals surface area contributed by atoms with Gasteiger partial charge in [0.15, 0.2) is 0 Å². The molecule has 1 fully saturated rings. The fourth-order valence-electron chi connectivity index (χ4n) is 3.50. The molecule has 2 unspecified atom stereocenters. The number of urea groups is 1. The van der Waals surface area contributed by atoms with E-state index >= 15 is 0 Å². The molecule has 3 rings (SSSR count). The molecule has 0 spiro atoms. The summed E-state index contributed by atoms with van der Waals surface area (Å²) in [6.07, 6.45) is 0.340. The molecule has 0 bridgehead atoms. The van der Waals surface area contributed by atoms with Crippen LogP contribution in [0.15, 0.2) is 54.6 Å². The molecule has 1 N–H and O–H groups in total. The molecule has 0 radical (unpaired) electrons. The van der Waals surface area contributed by atoms with Gasteiger partial charge in [-0.1, -0.05) is 35.9 Å². The molecule has 7 nitrogen and oxygen atoms in total. The Kier molecular flexibility index (Phi) is 6.39. The lowest BCUT2D eigenvalue weighted by molar-refractivity contribution is -0.151. The molecule has 2 aromatic rings. The summed E-state index contributed by atoms with van der Waals surface area (Å²) in [6.45, 7) is 0.124. The molecule has 2 amide bonds. The van der Waals surface area contributed by atoms with Gasteiger partial charge < -0.3 is 14.7 Å². The number of para-hydroxylation sites is 1. The summed E-state index contributed by atoms with van der Waals surface area (Å²) >= 11 is 6.12. The van der Waals surface area contributed by atoms with E-state index in [0.29, 0.717) is 22.8 Å². The average molecular weight is 417 g/mol. The second-order valence-corrected chi connectivity index (χ2v) is 7.16. The lowest BCUT2D eigenvalue weighted by atomic mass is 9.91. The second-order valence-electron chi connectivity index (χ2n) is 6.73. The van der Waals surface area contributed by atoms with Crippen molar-refractivity contribution in [3.63, 3.8) is 0 Å². The maximum absolute atomic E-state index is 13.5. The van der Waals surface area contributed by atoms with Crippen molar-refractivity contribution in [3.8, 4) is 0 Å². The number of ether oxygens (including phenoxy) is 1. The van der Waals surface area contributed by atoms with Crippen LogP contribution in [-0.4, -0.2) is 47.7 Å². The van der Waals surface area contributed by atoms with Crippen LogP contribution >= 0.6 is 11.6 Å². The Morgan fingerprint density at radius 2 is 1.79 bits per heavy atom. The van der Waals surface area contributed by atoms with Crippen molar-refractivity contribution in [2.24, 2.45) is 5.92 Å². The highest BCUT2D eigenvalue weighted by atomic mass is 35.5. The van der Waals surface area contributed by atoms with Crippen LogP contribution in [-0.2, 0) is 14.3 Å². The number of carbonyl (C=O) groups is 3. The van der Waals surface area contributed by atoms with Crippen LogP contribution in [0.25, 0.3) is 0 Å². The first kappa shape index (κ1) is 20.7. The fraction of sp³-hybridized carbons (Fsp3) is 0.286. The number of benzene rings is 2. The topological polar surface area (TPSA) is 87.2 Å². The Morgan fingerprint density at radius 1 is 1.10 bits per heavy atom. The zero-order valence-electron chi connectivity index (χ0n) is 15.8. The van der Waals surface area contributed by atoms with E-state index in [2.05, 4.69) is 0 Å². The van der Waals surface area contributed by atoms with E-state index in [9.17, 15) is 19.5 Å². The number of likely N-dealkylation sites (tertiary alicyclic amines) is 1. The van der Waals surface area contributed by atoms with Gasteiger partial charge in [-0.2, -0.15) is 0 Å². The molecule has 1 aliphatic rings. The van der Waals surface area contributed by atoms with Crippen molar-refractivity contribution in [2.75, 3.05) is 18.6 Å². The second kappa shape index (κ2) is 8.96. The average Bonchev–Trinajstić information content (AvgIpc) is 2.73. The van der Waals surface area contributed by atoms with Crippen LogP contribution < -0.4 is 4.90 Å². The predicted molar refractivity (Wildman–Crippen MR) is 108 cm³/mol. The van der Waals surface area contributed by atoms with Gasteiger partial charge in [0.25, 0.3) is 0 Å². The van der Waals surface area contributed by atoms with Gasteiger partial charge in [0.1, 0.15) is 6.04 Å². The third-order valence-corrected chi connectivity index (χ3v) is 5.17. The minimum absolute atomic E-state index is 0.00588. The number of amides is 2. The van der Waals surface area contributed by atoms with Crippen molar-refractivity contribution in [1.29, 1.82) is 0 Å². The van der Waals surface area contributed by atoms with Gasteiger partial charge in [0, 0.05) is 11.6 Å². The summed E-state index contributed by atoms with van der Waals surface area (Å²) in [6, 6.07) is 14.1. The zero-order chi connectivity index (χ0) is 21.0. The van der Waals surface area contributed by atoms with Crippen LogP contribution in [0.2, 0.25) is 5.02 Å². The van der Waals surface area contributed by atoms with Crippen LogP contribution in [0.1, 0.15) is 12.8 Å². The SMILES string of the molecule is COC(=O)C1CCN(C(=O)N(c2ccccc2)c2cccc(Cl)c2)C(C(=O)O)C1. The lowest BCUT2D eigenvalue weighted by Gasteiger charge is -2.39. The monoisotopic (exact) mass is 416 g/mol. The number of aliphatic carboxylic acids is 1. The summed E-state index contributed by atoms with van der Waals surface area (Å²) in [7, 11) is 1.27. The highest BCUT2D eigenvalue weighted by molar-refractivity contribution is 6.31. The molecule has 0 aliphatic carbocycles. The van der Waals surface area contributed by atoms with Crippen molar-refractivity contribution in [3.05, 3.63) is 59.6 Å². The first-order valence-electron chi connectivity index (χ1n) is 9.14. The van der Waals surface area contributed by atoms with Gasteiger partial charge in [-0.3, -0.25) is 9.69 Å². The van der Waals surface area contributed by atoms with Gasteiger partial charge in [-0.15, -0.1) is 0 Å². The molecular formula is C21H21ClN2O5. The van der Waals surface area contributed by atoms with E-state index < -0.39 is 29.9 Å². The summed E-state index contributed by atoms with van der Waals surface area (Å²) < 4.78 is 4.75. The molecule has 0 aromatic heterocycles. The summed E-state index contributed by atoms with van der Waals surface area (Å²) in [5.74, 6) is -2.18. The first-order valence-corrected chi connectivity index (χ1v) is 9.52. The van der Waals surface area contributed by atoms with E-state index in [-0.39, 0.29) is 13.0 Å². The normalized spacial score (nSPS) is 18.8. The van der Waals surface area contributed by atoms with Gasteiger partial charge in [0.05, 0.1) is 24.4 Å². The summed E-state index contributed by atoms with van der Waals surface area (Å²) in [4.78, 5) is 40.0. The number of carboxylic acid groups (broad SMARTS) is 1. The van der Waals surface area contributed by atoms with Gasteiger partial charge >= 0.3 is 18.0 Å². The molecule has 2 atom stereocenters. The third kappa shape index (κ3) is 4.51. The molecule has 1 heterocycles. The number of hydrogen-bond donors (Lipinski definition) is 1. The van der Waals surface area contributed by atoms with Crippen molar-refractivity contribution in [1.82, 2.24) is 4.90 Å². The van der Waals surface area contributed by atoms with E-state index in [1.54, 1.807) is 48.5 Å². The van der Waals surface area contributed by atoms with E-state index in [1.807, 2.05) is 6.07 Å². The Bertz CT molecular complexity index is 905. The number of anilines is 2. The highest BCUT2D eigenvalue weighted by Crippen LogP contribution is 2.32. The summed E-state index contributed by atoms with van der Waals surface area (Å²) in [5.41, 5.74) is 1.10. The molecule has 152 valence electrons. The zero-order valence-corrected chi connectivity index (χ0v) is 16.6. The van der Waals surface area contributed by atoms with Crippen LogP contribution in [0, 0.1) is 5.92 Å². The number of rotatable bonds is 4. The third-order valence-electron chi connectivity index (χ3n) is 4.94. The van der Waals surface area contributed by atoms with Crippen LogP contribution in [0.3, 0.4) is 0 Å². The first-order chi connectivity index (χ1) is 13.9. The number of piperidine rings is 1. The van der Waals surface area contributed by atoms with Gasteiger partial charge in [-0.05, 0) is 43.2 Å². The number of esters is 1. The number of carboxylic acids is 1. The van der Waals surface area contributed by atoms with Crippen molar-refractivity contribution in [2.45, 2.75) is 18.9 Å². The fourth-order valence-corrected chi connectivity index (χ4v) is 3.68. The number of hydrogen-bond acceptors (Lipinski definition) is 4. The number of nitrogens with zero attached hydrogens (tertiary/aromatic N) is 2. The number of halogens is 1. The predicted octanol–water partition coefficient (Wildman–Crippen LogP) is 3.94. The highest BCUT2D eigenvalue weighted by Gasteiger charge is 2.41. The number of carbonyl (C=O) groups excluding carboxylic acids is 2. The standard InChI is InChI=1S/C21H21ClN2O5/c1-29-20(27)14-10-11-23(18(12-14)19(25)26)21(28)24(16-7-3-2-4-8-16)17-9-5-6-15(22)13-17/h2-9,13-14,18H,10-12H2,1H3,(H,25,26). The minimum atomic E-state index is -1.16. The Hall–Kier alpha value is -3.06. The lowest BCUT2D eigenvalue weighted by Crippen LogP contribution is -2.54. The van der Waals surface area contributed by atoms with Crippen LogP contribution in [0.4, 0.5) is 16.2 Å². The maximum atomic E-state index is 13.5.